The van der Waals surface area contributed by atoms with Crippen LogP contribution in [0.1, 0.15) is 5.69 Å². The number of methoxy groups -OCH3 is 2. The molecule has 0 bridgehead atoms. The molecule has 6 heteroatoms. The van der Waals surface area contributed by atoms with Crippen LogP contribution in [0.2, 0.25) is 0 Å². The maximum atomic E-state index is 12.4. The highest BCUT2D eigenvalue weighted by molar-refractivity contribution is 7.84. The van der Waals surface area contributed by atoms with Crippen LogP contribution in [0.4, 0.5) is 5.69 Å². The van der Waals surface area contributed by atoms with E-state index in [1.54, 1.807) is 31.4 Å². The van der Waals surface area contributed by atoms with Gasteiger partial charge in [0.1, 0.15) is 5.75 Å². The topological polar surface area (TPSA) is 74.4 Å². The lowest BCUT2D eigenvalue weighted by Gasteiger charge is -2.09. The first kappa shape index (κ1) is 14.3. The molecule has 0 saturated heterocycles. The lowest BCUT2D eigenvalue weighted by atomic mass is 10.3. The molecular weight excluding hydrogens is 276 g/mol. The smallest absolute Gasteiger partial charge is 0.213 e. The van der Waals surface area contributed by atoms with Crippen molar-refractivity contribution in [2.75, 3.05) is 20.0 Å². The molecule has 1 heterocycles. The van der Waals surface area contributed by atoms with Gasteiger partial charge in [-0.05, 0) is 18.2 Å². The molecule has 2 aromatic rings. The van der Waals surface area contributed by atoms with Crippen molar-refractivity contribution in [2.24, 2.45) is 0 Å². The van der Waals surface area contributed by atoms with E-state index < -0.39 is 10.8 Å². The maximum Gasteiger partial charge on any atom is 0.213 e. The van der Waals surface area contributed by atoms with Gasteiger partial charge in [-0.25, -0.2) is 4.98 Å². The molecule has 106 valence electrons. The van der Waals surface area contributed by atoms with Crippen LogP contribution in [0, 0.1) is 0 Å². The first-order chi connectivity index (χ1) is 9.63. The predicted octanol–water partition coefficient (Wildman–Crippen LogP) is 1.99. The van der Waals surface area contributed by atoms with Crippen LogP contribution in [-0.4, -0.2) is 23.4 Å². The van der Waals surface area contributed by atoms with Crippen molar-refractivity contribution in [3.05, 3.63) is 42.1 Å². The fraction of sp³-hybridized carbons (Fsp3) is 0.214. The van der Waals surface area contributed by atoms with Gasteiger partial charge in [-0.1, -0.05) is 6.07 Å². The summed E-state index contributed by atoms with van der Waals surface area (Å²) in [5.74, 6) is 1.31. The van der Waals surface area contributed by atoms with Crippen LogP contribution in [-0.2, 0) is 16.6 Å². The number of pyridine rings is 1. The van der Waals surface area contributed by atoms with Crippen molar-refractivity contribution in [3.8, 4) is 11.6 Å². The van der Waals surface area contributed by atoms with Gasteiger partial charge in [0.25, 0.3) is 0 Å². The molecule has 0 fully saturated rings. The van der Waals surface area contributed by atoms with E-state index in [1.165, 1.54) is 7.11 Å². The zero-order valence-electron chi connectivity index (χ0n) is 11.3. The molecule has 0 aliphatic heterocycles. The molecule has 2 rings (SSSR count). The normalized spacial score (nSPS) is 11.9. The summed E-state index contributed by atoms with van der Waals surface area (Å²) in [6.07, 6.45) is 0. The summed E-state index contributed by atoms with van der Waals surface area (Å²) in [6, 6.07) is 10.4. The first-order valence-corrected chi connectivity index (χ1v) is 7.27. The van der Waals surface area contributed by atoms with Gasteiger partial charge < -0.3 is 15.2 Å². The van der Waals surface area contributed by atoms with Gasteiger partial charge in [0, 0.05) is 17.8 Å². The summed E-state index contributed by atoms with van der Waals surface area (Å²) < 4.78 is 22.7. The van der Waals surface area contributed by atoms with E-state index in [9.17, 15) is 4.21 Å². The highest BCUT2D eigenvalue weighted by Crippen LogP contribution is 2.26. The van der Waals surface area contributed by atoms with Crippen LogP contribution in [0.25, 0.3) is 0 Å². The van der Waals surface area contributed by atoms with E-state index in [0.29, 0.717) is 27.9 Å². The molecule has 1 aromatic carbocycles. The Bertz CT molecular complexity index is 632. The SMILES string of the molecule is COc1cccc(CS(=O)c2ccc(N)cc2OC)n1. The third kappa shape index (κ3) is 3.27. The highest BCUT2D eigenvalue weighted by atomic mass is 32.2. The summed E-state index contributed by atoms with van der Waals surface area (Å²) in [4.78, 5) is 4.85. The van der Waals surface area contributed by atoms with Crippen LogP contribution in [0.5, 0.6) is 11.6 Å². The zero-order chi connectivity index (χ0) is 14.5. The van der Waals surface area contributed by atoms with E-state index in [-0.39, 0.29) is 5.75 Å². The van der Waals surface area contributed by atoms with Gasteiger partial charge in [0.15, 0.2) is 0 Å². The van der Waals surface area contributed by atoms with Crippen LogP contribution < -0.4 is 15.2 Å². The quantitative estimate of drug-likeness (QED) is 0.853. The maximum absolute atomic E-state index is 12.4. The Balaban J connectivity index is 2.23. The summed E-state index contributed by atoms with van der Waals surface area (Å²) in [6.45, 7) is 0. The van der Waals surface area contributed by atoms with Gasteiger partial charge in [0.2, 0.25) is 5.88 Å². The molecule has 1 unspecified atom stereocenters. The number of rotatable bonds is 5. The molecule has 0 spiro atoms. The van der Waals surface area contributed by atoms with Gasteiger partial charge in [0.05, 0.1) is 41.4 Å². The second-order valence-corrected chi connectivity index (χ2v) is 5.49. The predicted molar refractivity (Wildman–Crippen MR) is 78.3 cm³/mol. The van der Waals surface area contributed by atoms with Crippen molar-refractivity contribution in [3.63, 3.8) is 0 Å². The van der Waals surface area contributed by atoms with Gasteiger partial charge in [-0.2, -0.15) is 0 Å². The number of nitrogens with zero attached hydrogens (tertiary/aromatic N) is 1. The highest BCUT2D eigenvalue weighted by Gasteiger charge is 2.12. The number of hydrogen-bond acceptors (Lipinski definition) is 5. The molecule has 0 aliphatic rings. The number of nitrogen functional groups attached to an aromatic ring is 1. The Morgan fingerprint density at radius 1 is 1.20 bits per heavy atom. The Labute approximate surface area is 120 Å². The third-order valence-corrected chi connectivity index (χ3v) is 4.09. The van der Waals surface area contributed by atoms with Crippen molar-refractivity contribution >= 4 is 16.5 Å². The van der Waals surface area contributed by atoms with Crippen LogP contribution in [0.15, 0.2) is 41.3 Å². The van der Waals surface area contributed by atoms with Gasteiger partial charge in [-0.15, -0.1) is 0 Å². The van der Waals surface area contributed by atoms with Crippen molar-refractivity contribution < 1.29 is 13.7 Å². The average Bonchev–Trinajstić information content (AvgIpc) is 2.47. The molecule has 5 nitrogen and oxygen atoms in total. The molecule has 1 aromatic heterocycles. The van der Waals surface area contributed by atoms with E-state index >= 15 is 0 Å². The summed E-state index contributed by atoms with van der Waals surface area (Å²) in [5, 5.41) is 0. The second kappa shape index (κ2) is 6.38. The second-order valence-electron chi connectivity index (χ2n) is 4.07. The number of aromatic nitrogens is 1. The van der Waals surface area contributed by atoms with E-state index in [1.807, 2.05) is 12.1 Å². The summed E-state index contributed by atoms with van der Waals surface area (Å²) >= 11 is 0. The Kier molecular flexibility index (Phi) is 4.57. The van der Waals surface area contributed by atoms with Crippen molar-refractivity contribution in [1.82, 2.24) is 4.98 Å². The van der Waals surface area contributed by atoms with Crippen LogP contribution >= 0.6 is 0 Å². The first-order valence-electron chi connectivity index (χ1n) is 5.96. The van der Waals surface area contributed by atoms with E-state index in [4.69, 9.17) is 15.2 Å². The summed E-state index contributed by atoms with van der Waals surface area (Å²) in [7, 11) is 1.81. The molecule has 0 radical (unpaired) electrons. The molecule has 0 saturated carbocycles. The number of ether oxygens (including phenoxy) is 2. The van der Waals surface area contributed by atoms with Crippen molar-refractivity contribution in [2.45, 2.75) is 10.6 Å². The minimum atomic E-state index is -1.26. The largest absolute Gasteiger partial charge is 0.495 e. The number of nitrogens with two attached hydrogens (primary N) is 1. The number of anilines is 1. The minimum absolute atomic E-state index is 0.289. The van der Waals surface area contributed by atoms with Gasteiger partial charge in [-0.3, -0.25) is 4.21 Å². The molecular formula is C14H16N2O3S. The molecule has 1 atom stereocenters. The lowest BCUT2D eigenvalue weighted by Crippen LogP contribution is -2.02. The Morgan fingerprint density at radius 2 is 2.00 bits per heavy atom. The zero-order valence-corrected chi connectivity index (χ0v) is 12.1. The fourth-order valence-corrected chi connectivity index (χ4v) is 2.91. The molecule has 20 heavy (non-hydrogen) atoms. The van der Waals surface area contributed by atoms with Crippen LogP contribution in [0.3, 0.4) is 0 Å². The van der Waals surface area contributed by atoms with E-state index in [0.717, 1.165) is 0 Å². The minimum Gasteiger partial charge on any atom is -0.495 e. The standard InChI is InChI=1S/C14H16N2O3S/c1-18-12-8-10(15)6-7-13(12)20(17)9-11-4-3-5-14(16-11)19-2/h3-8H,9,15H2,1-2H3. The number of benzene rings is 1. The molecule has 2 N–H and O–H groups in total. The molecule has 0 amide bonds. The molecule has 0 aliphatic carbocycles. The average molecular weight is 292 g/mol. The number of hydrogen-bond donors (Lipinski definition) is 1. The van der Waals surface area contributed by atoms with Gasteiger partial charge >= 0.3 is 0 Å². The lowest BCUT2D eigenvalue weighted by molar-refractivity contribution is 0.397. The third-order valence-electron chi connectivity index (χ3n) is 2.70. The Morgan fingerprint density at radius 3 is 2.70 bits per heavy atom. The van der Waals surface area contributed by atoms with E-state index in [2.05, 4.69) is 4.98 Å². The Hall–Kier alpha value is -2.08. The van der Waals surface area contributed by atoms with Crippen molar-refractivity contribution in [1.29, 1.82) is 0 Å². The monoisotopic (exact) mass is 292 g/mol. The fourth-order valence-electron chi connectivity index (χ4n) is 1.74. The summed E-state index contributed by atoms with van der Waals surface area (Å²) in [5.41, 5.74) is 6.95.